The van der Waals surface area contributed by atoms with Gasteiger partial charge in [-0.2, -0.15) is 0 Å². The predicted octanol–water partition coefficient (Wildman–Crippen LogP) is 1.87. The van der Waals surface area contributed by atoms with E-state index in [-0.39, 0.29) is 12.7 Å². The van der Waals surface area contributed by atoms with Crippen molar-refractivity contribution in [2.75, 3.05) is 6.61 Å². The first-order chi connectivity index (χ1) is 6.24. The molecule has 0 heterocycles. The van der Waals surface area contributed by atoms with Crippen molar-refractivity contribution in [2.45, 2.75) is 45.1 Å². The highest BCUT2D eigenvalue weighted by atomic mass is 16.3. The summed E-state index contributed by atoms with van der Waals surface area (Å²) in [6.07, 6.45) is 7.53. The van der Waals surface area contributed by atoms with Gasteiger partial charge in [0.1, 0.15) is 0 Å². The molecular formula is C11H20O2. The average Bonchev–Trinajstić information content (AvgIpc) is 2.19. The first-order valence-corrected chi connectivity index (χ1v) is 5.20. The van der Waals surface area contributed by atoms with Crippen molar-refractivity contribution in [1.82, 2.24) is 0 Å². The molecule has 0 aliphatic heterocycles. The van der Waals surface area contributed by atoms with E-state index in [4.69, 9.17) is 5.11 Å². The zero-order valence-corrected chi connectivity index (χ0v) is 8.37. The van der Waals surface area contributed by atoms with Gasteiger partial charge in [-0.25, -0.2) is 0 Å². The summed E-state index contributed by atoms with van der Waals surface area (Å²) in [7, 11) is 0. The van der Waals surface area contributed by atoms with Gasteiger partial charge >= 0.3 is 0 Å². The van der Waals surface area contributed by atoms with Crippen molar-refractivity contribution in [3.8, 4) is 0 Å². The Morgan fingerprint density at radius 2 is 2.00 bits per heavy atom. The van der Waals surface area contributed by atoms with Crippen LogP contribution in [-0.2, 0) is 0 Å². The highest BCUT2D eigenvalue weighted by molar-refractivity contribution is 5.03. The molecule has 13 heavy (non-hydrogen) atoms. The lowest BCUT2D eigenvalue weighted by atomic mass is 9.85. The minimum Gasteiger partial charge on any atom is -0.392 e. The fourth-order valence-electron chi connectivity index (χ4n) is 1.96. The van der Waals surface area contributed by atoms with Gasteiger partial charge < -0.3 is 10.2 Å². The molecule has 0 amide bonds. The quantitative estimate of drug-likeness (QED) is 0.657. The molecule has 1 unspecified atom stereocenters. The van der Waals surface area contributed by atoms with Gasteiger partial charge in [-0.3, -0.25) is 0 Å². The molecule has 1 saturated carbocycles. The molecule has 0 bridgehead atoms. The summed E-state index contributed by atoms with van der Waals surface area (Å²) in [5.41, 5.74) is 0.873. The van der Waals surface area contributed by atoms with E-state index in [1.807, 2.05) is 6.92 Å². The third-order valence-electron chi connectivity index (χ3n) is 2.84. The van der Waals surface area contributed by atoms with Crippen LogP contribution in [0, 0.1) is 5.92 Å². The van der Waals surface area contributed by atoms with E-state index in [2.05, 4.69) is 0 Å². The predicted molar refractivity (Wildman–Crippen MR) is 53.4 cm³/mol. The molecule has 0 spiro atoms. The standard InChI is InChI=1S/C11H20O2/c1-9(8-12)7-11(13)10-5-3-2-4-6-10/h7,10-13H,2-6,8H2,1H3/b9-7+. The van der Waals surface area contributed by atoms with E-state index in [9.17, 15) is 5.11 Å². The van der Waals surface area contributed by atoms with Crippen LogP contribution < -0.4 is 0 Å². The number of aliphatic hydroxyl groups excluding tert-OH is 2. The number of aliphatic hydroxyl groups is 2. The highest BCUT2D eigenvalue weighted by Gasteiger charge is 2.19. The topological polar surface area (TPSA) is 40.5 Å². The monoisotopic (exact) mass is 184 g/mol. The molecule has 0 saturated heterocycles. The molecule has 2 nitrogen and oxygen atoms in total. The van der Waals surface area contributed by atoms with Gasteiger partial charge in [0.05, 0.1) is 12.7 Å². The highest BCUT2D eigenvalue weighted by Crippen LogP contribution is 2.27. The first-order valence-electron chi connectivity index (χ1n) is 5.20. The second-order valence-corrected chi connectivity index (χ2v) is 4.06. The van der Waals surface area contributed by atoms with E-state index in [1.54, 1.807) is 6.08 Å². The minimum absolute atomic E-state index is 0.0593. The van der Waals surface area contributed by atoms with Gasteiger partial charge in [-0.15, -0.1) is 0 Å². The lowest BCUT2D eigenvalue weighted by Gasteiger charge is -2.24. The fraction of sp³-hybridized carbons (Fsp3) is 0.818. The van der Waals surface area contributed by atoms with Gasteiger partial charge in [-0.1, -0.05) is 25.3 Å². The molecule has 1 aliphatic rings. The Labute approximate surface area is 80.3 Å². The summed E-state index contributed by atoms with van der Waals surface area (Å²) in [4.78, 5) is 0. The molecule has 0 radical (unpaired) electrons. The molecule has 0 aromatic rings. The Hall–Kier alpha value is -0.340. The third-order valence-corrected chi connectivity index (χ3v) is 2.84. The van der Waals surface area contributed by atoms with E-state index in [1.165, 1.54) is 19.3 Å². The Balaban J connectivity index is 2.41. The van der Waals surface area contributed by atoms with Gasteiger partial charge in [0, 0.05) is 0 Å². The second kappa shape index (κ2) is 5.40. The lowest BCUT2D eigenvalue weighted by Crippen LogP contribution is -2.21. The normalized spacial score (nSPS) is 23.2. The van der Waals surface area contributed by atoms with E-state index >= 15 is 0 Å². The third kappa shape index (κ3) is 3.49. The van der Waals surface area contributed by atoms with Crippen LogP contribution in [-0.4, -0.2) is 22.9 Å². The molecule has 1 aliphatic carbocycles. The lowest BCUT2D eigenvalue weighted by molar-refractivity contribution is 0.123. The first kappa shape index (κ1) is 10.7. The maximum atomic E-state index is 9.79. The Morgan fingerprint density at radius 1 is 1.38 bits per heavy atom. The SMILES string of the molecule is C/C(=C\C(O)C1CCCCC1)CO. The molecule has 0 aromatic carbocycles. The summed E-state index contributed by atoms with van der Waals surface area (Å²) in [6.45, 7) is 1.91. The molecule has 2 N–H and O–H groups in total. The molecular weight excluding hydrogens is 164 g/mol. The van der Waals surface area contributed by atoms with Crippen LogP contribution in [0.1, 0.15) is 39.0 Å². The van der Waals surface area contributed by atoms with Crippen LogP contribution in [0.15, 0.2) is 11.6 Å². The van der Waals surface area contributed by atoms with Crippen molar-refractivity contribution in [3.05, 3.63) is 11.6 Å². The van der Waals surface area contributed by atoms with Crippen LogP contribution in [0.25, 0.3) is 0 Å². The van der Waals surface area contributed by atoms with Crippen LogP contribution in [0.3, 0.4) is 0 Å². The fourth-order valence-corrected chi connectivity index (χ4v) is 1.96. The maximum Gasteiger partial charge on any atom is 0.0752 e. The molecule has 1 fully saturated rings. The smallest absolute Gasteiger partial charge is 0.0752 e. The van der Waals surface area contributed by atoms with Crippen LogP contribution >= 0.6 is 0 Å². The van der Waals surface area contributed by atoms with Crippen molar-refractivity contribution in [1.29, 1.82) is 0 Å². The summed E-state index contributed by atoms with van der Waals surface area (Å²) in [5, 5.41) is 18.6. The number of hydrogen-bond acceptors (Lipinski definition) is 2. The van der Waals surface area contributed by atoms with Crippen LogP contribution in [0.4, 0.5) is 0 Å². The molecule has 1 atom stereocenters. The zero-order chi connectivity index (χ0) is 9.68. The van der Waals surface area contributed by atoms with E-state index in [0.29, 0.717) is 5.92 Å². The summed E-state index contributed by atoms with van der Waals surface area (Å²) < 4.78 is 0. The number of hydrogen-bond donors (Lipinski definition) is 2. The Kier molecular flexibility index (Phi) is 4.46. The van der Waals surface area contributed by atoms with Gasteiger partial charge in [-0.05, 0) is 31.3 Å². The Morgan fingerprint density at radius 3 is 2.54 bits per heavy atom. The van der Waals surface area contributed by atoms with Gasteiger partial charge in [0.25, 0.3) is 0 Å². The molecule has 1 rings (SSSR count). The van der Waals surface area contributed by atoms with Crippen molar-refractivity contribution < 1.29 is 10.2 Å². The second-order valence-electron chi connectivity index (χ2n) is 4.06. The van der Waals surface area contributed by atoms with Crippen LogP contribution in [0.5, 0.6) is 0 Å². The minimum atomic E-state index is -0.340. The summed E-state index contributed by atoms with van der Waals surface area (Å²) >= 11 is 0. The van der Waals surface area contributed by atoms with Crippen LogP contribution in [0.2, 0.25) is 0 Å². The largest absolute Gasteiger partial charge is 0.392 e. The zero-order valence-electron chi connectivity index (χ0n) is 8.37. The van der Waals surface area contributed by atoms with Crippen molar-refractivity contribution in [2.24, 2.45) is 5.92 Å². The van der Waals surface area contributed by atoms with Crippen molar-refractivity contribution >= 4 is 0 Å². The summed E-state index contributed by atoms with van der Waals surface area (Å²) in [5.74, 6) is 0.426. The average molecular weight is 184 g/mol. The summed E-state index contributed by atoms with van der Waals surface area (Å²) in [6, 6.07) is 0. The Bertz CT molecular complexity index is 169. The van der Waals surface area contributed by atoms with Gasteiger partial charge in [0.15, 0.2) is 0 Å². The molecule has 2 heteroatoms. The molecule has 76 valence electrons. The number of rotatable bonds is 3. The van der Waals surface area contributed by atoms with Crippen molar-refractivity contribution in [3.63, 3.8) is 0 Å². The van der Waals surface area contributed by atoms with E-state index < -0.39 is 0 Å². The van der Waals surface area contributed by atoms with E-state index in [0.717, 1.165) is 18.4 Å². The maximum absolute atomic E-state index is 9.79. The van der Waals surface area contributed by atoms with Gasteiger partial charge in [0.2, 0.25) is 0 Å². The molecule has 0 aromatic heterocycles.